The van der Waals surface area contributed by atoms with Crippen molar-refractivity contribution >= 4 is 23.6 Å². The third kappa shape index (κ3) is 2.82. The summed E-state index contributed by atoms with van der Waals surface area (Å²) in [5.74, 6) is 0.328. The summed E-state index contributed by atoms with van der Waals surface area (Å²) in [6, 6.07) is -0.178. The highest BCUT2D eigenvalue weighted by atomic mass is 32.2. The van der Waals surface area contributed by atoms with Gasteiger partial charge in [-0.15, -0.1) is 0 Å². The first kappa shape index (κ1) is 13.7. The number of rotatable bonds is 3. The zero-order valence-electron chi connectivity index (χ0n) is 11.2. The lowest BCUT2D eigenvalue weighted by molar-refractivity contribution is -0.143. The van der Waals surface area contributed by atoms with Crippen LogP contribution >= 0.6 is 11.8 Å². The van der Waals surface area contributed by atoms with Gasteiger partial charge in [0.2, 0.25) is 11.8 Å². The minimum absolute atomic E-state index is 0.160. The van der Waals surface area contributed by atoms with Crippen molar-refractivity contribution in [1.82, 2.24) is 9.80 Å². The Labute approximate surface area is 113 Å². The molecule has 0 radical (unpaired) electrons. The molecule has 2 atom stereocenters. The van der Waals surface area contributed by atoms with Crippen molar-refractivity contribution in [3.8, 4) is 0 Å². The summed E-state index contributed by atoms with van der Waals surface area (Å²) in [7, 11) is 0. The quantitative estimate of drug-likeness (QED) is 0.777. The number of fused-ring (bicyclic) bond motifs is 1. The molecule has 0 N–H and O–H groups in total. The predicted molar refractivity (Wildman–Crippen MR) is 73.5 cm³/mol. The fourth-order valence-corrected chi connectivity index (χ4v) is 3.08. The topological polar surface area (TPSA) is 40.6 Å². The summed E-state index contributed by atoms with van der Waals surface area (Å²) in [5.41, 5.74) is 0. The minimum Gasteiger partial charge on any atom is -0.339 e. The highest BCUT2D eigenvalue weighted by Crippen LogP contribution is 2.23. The fraction of sp³-hybridized carbons (Fsp3) is 0.846. The molecule has 2 rings (SSSR count). The molecule has 0 aromatic rings. The molecule has 2 aliphatic heterocycles. The van der Waals surface area contributed by atoms with Gasteiger partial charge in [0, 0.05) is 31.3 Å². The first-order valence-corrected chi connectivity index (χ1v) is 8.03. The molecule has 0 aromatic carbocycles. The van der Waals surface area contributed by atoms with E-state index in [1.165, 1.54) is 0 Å². The van der Waals surface area contributed by atoms with Crippen molar-refractivity contribution in [3.05, 3.63) is 0 Å². The van der Waals surface area contributed by atoms with Crippen LogP contribution in [0, 0.1) is 0 Å². The zero-order valence-corrected chi connectivity index (χ0v) is 12.0. The SMILES string of the molecule is CSC(C)CN1CCC(=O)N2CCCCC2C1=O. The van der Waals surface area contributed by atoms with Crippen LogP contribution in [-0.2, 0) is 9.59 Å². The zero-order chi connectivity index (χ0) is 13.1. The third-order valence-corrected chi connectivity index (χ3v) is 4.85. The van der Waals surface area contributed by atoms with Gasteiger partial charge in [-0.25, -0.2) is 0 Å². The first-order chi connectivity index (χ1) is 8.63. The number of hydrogen-bond acceptors (Lipinski definition) is 3. The van der Waals surface area contributed by atoms with Crippen molar-refractivity contribution in [2.45, 2.75) is 43.9 Å². The Balaban J connectivity index is 2.10. The van der Waals surface area contributed by atoms with E-state index in [0.29, 0.717) is 18.2 Å². The number of thioether (sulfide) groups is 1. The van der Waals surface area contributed by atoms with E-state index in [-0.39, 0.29) is 17.9 Å². The molecule has 0 saturated carbocycles. The summed E-state index contributed by atoms with van der Waals surface area (Å²) in [6.07, 6.45) is 5.49. The van der Waals surface area contributed by atoms with E-state index in [1.54, 1.807) is 11.8 Å². The van der Waals surface area contributed by atoms with Gasteiger partial charge in [-0.2, -0.15) is 11.8 Å². The van der Waals surface area contributed by atoms with Crippen LogP contribution in [-0.4, -0.2) is 58.8 Å². The van der Waals surface area contributed by atoms with Crippen molar-refractivity contribution in [3.63, 3.8) is 0 Å². The Morgan fingerprint density at radius 1 is 1.33 bits per heavy atom. The van der Waals surface area contributed by atoms with Gasteiger partial charge in [0.05, 0.1) is 0 Å². The van der Waals surface area contributed by atoms with E-state index < -0.39 is 0 Å². The van der Waals surface area contributed by atoms with Crippen molar-refractivity contribution in [1.29, 1.82) is 0 Å². The Hall–Kier alpha value is -0.710. The maximum atomic E-state index is 12.5. The van der Waals surface area contributed by atoms with Crippen LogP contribution in [0.1, 0.15) is 32.6 Å². The molecule has 102 valence electrons. The van der Waals surface area contributed by atoms with Crippen LogP contribution in [0.25, 0.3) is 0 Å². The van der Waals surface area contributed by atoms with Gasteiger partial charge in [0.15, 0.2) is 0 Å². The molecular formula is C13H22N2O2S. The largest absolute Gasteiger partial charge is 0.339 e. The van der Waals surface area contributed by atoms with Gasteiger partial charge >= 0.3 is 0 Å². The Morgan fingerprint density at radius 3 is 2.83 bits per heavy atom. The van der Waals surface area contributed by atoms with E-state index >= 15 is 0 Å². The number of hydrogen-bond donors (Lipinski definition) is 0. The highest BCUT2D eigenvalue weighted by Gasteiger charge is 2.37. The van der Waals surface area contributed by atoms with E-state index in [2.05, 4.69) is 13.2 Å². The summed E-state index contributed by atoms with van der Waals surface area (Å²) < 4.78 is 0. The molecule has 0 spiro atoms. The number of nitrogens with zero attached hydrogens (tertiary/aromatic N) is 2. The second-order valence-corrected chi connectivity index (χ2v) is 6.46. The number of piperidine rings is 1. The molecule has 2 heterocycles. The summed E-state index contributed by atoms with van der Waals surface area (Å²) >= 11 is 1.77. The number of carbonyl (C=O) groups excluding carboxylic acids is 2. The smallest absolute Gasteiger partial charge is 0.245 e. The molecular weight excluding hydrogens is 248 g/mol. The lowest BCUT2D eigenvalue weighted by Gasteiger charge is -2.34. The van der Waals surface area contributed by atoms with E-state index in [4.69, 9.17) is 0 Å². The monoisotopic (exact) mass is 270 g/mol. The van der Waals surface area contributed by atoms with Crippen molar-refractivity contribution in [2.75, 3.05) is 25.9 Å². The molecule has 4 nitrogen and oxygen atoms in total. The average molecular weight is 270 g/mol. The molecule has 0 bridgehead atoms. The van der Waals surface area contributed by atoms with Gasteiger partial charge < -0.3 is 9.80 Å². The lowest BCUT2D eigenvalue weighted by Crippen LogP contribution is -2.50. The standard InChI is InChI=1S/C13H22N2O2S/c1-10(18-2)9-14-8-6-12(16)15-7-4-3-5-11(15)13(14)17/h10-11H,3-9H2,1-2H3. The third-order valence-electron chi connectivity index (χ3n) is 3.90. The Kier molecular flexibility index (Phi) is 4.54. The molecule has 5 heteroatoms. The summed E-state index contributed by atoms with van der Waals surface area (Å²) in [6.45, 7) is 4.25. The van der Waals surface area contributed by atoms with Crippen LogP contribution in [0.4, 0.5) is 0 Å². The molecule has 0 aliphatic carbocycles. The molecule has 2 unspecified atom stereocenters. The highest BCUT2D eigenvalue weighted by molar-refractivity contribution is 7.99. The number of carbonyl (C=O) groups is 2. The maximum absolute atomic E-state index is 12.5. The van der Waals surface area contributed by atoms with Crippen molar-refractivity contribution < 1.29 is 9.59 Å². The predicted octanol–water partition coefficient (Wildman–Crippen LogP) is 1.35. The van der Waals surface area contributed by atoms with E-state index in [1.807, 2.05) is 9.80 Å². The molecule has 0 aromatic heterocycles. The molecule has 2 amide bonds. The first-order valence-electron chi connectivity index (χ1n) is 6.74. The van der Waals surface area contributed by atoms with Gasteiger partial charge in [-0.05, 0) is 25.5 Å². The lowest BCUT2D eigenvalue weighted by atomic mass is 10.0. The second kappa shape index (κ2) is 5.95. The minimum atomic E-state index is -0.178. The van der Waals surface area contributed by atoms with Gasteiger partial charge in [-0.1, -0.05) is 6.92 Å². The number of amides is 2. The van der Waals surface area contributed by atoms with Crippen LogP contribution < -0.4 is 0 Å². The Morgan fingerprint density at radius 2 is 2.11 bits per heavy atom. The normalized spacial score (nSPS) is 26.9. The van der Waals surface area contributed by atoms with Crippen molar-refractivity contribution in [2.24, 2.45) is 0 Å². The van der Waals surface area contributed by atoms with E-state index in [9.17, 15) is 9.59 Å². The molecule has 2 aliphatic rings. The fourth-order valence-electron chi connectivity index (χ4n) is 2.75. The van der Waals surface area contributed by atoms with Crippen LogP contribution in [0.2, 0.25) is 0 Å². The molecule has 2 saturated heterocycles. The van der Waals surface area contributed by atoms with Crippen LogP contribution in [0.5, 0.6) is 0 Å². The van der Waals surface area contributed by atoms with Gasteiger partial charge in [-0.3, -0.25) is 9.59 Å². The average Bonchev–Trinajstić information content (AvgIpc) is 2.51. The maximum Gasteiger partial charge on any atom is 0.245 e. The van der Waals surface area contributed by atoms with Crippen LogP contribution in [0.3, 0.4) is 0 Å². The van der Waals surface area contributed by atoms with E-state index in [0.717, 1.165) is 32.4 Å². The summed E-state index contributed by atoms with van der Waals surface area (Å²) in [4.78, 5) is 28.2. The second-order valence-electron chi connectivity index (χ2n) is 5.18. The Bertz CT molecular complexity index is 335. The van der Waals surface area contributed by atoms with Gasteiger partial charge in [0.25, 0.3) is 0 Å². The summed E-state index contributed by atoms with van der Waals surface area (Å²) in [5, 5.41) is 0.430. The van der Waals surface area contributed by atoms with Crippen LogP contribution in [0.15, 0.2) is 0 Å². The molecule has 2 fully saturated rings. The molecule has 18 heavy (non-hydrogen) atoms. The van der Waals surface area contributed by atoms with Gasteiger partial charge in [0.1, 0.15) is 6.04 Å².